The first kappa shape index (κ1) is 21.7. The predicted molar refractivity (Wildman–Crippen MR) is 121 cm³/mol. The molecule has 1 aromatic heterocycles. The van der Waals surface area contributed by atoms with Gasteiger partial charge in [0.25, 0.3) is 5.91 Å². The molecule has 0 saturated heterocycles. The molecule has 3 rings (SSSR count). The third-order valence-corrected chi connectivity index (χ3v) is 5.35. The Bertz CT molecular complexity index is 1110. The highest BCUT2D eigenvalue weighted by Crippen LogP contribution is 2.34. The van der Waals surface area contributed by atoms with Gasteiger partial charge in [0, 0.05) is 17.3 Å². The molecule has 0 aliphatic rings. The lowest BCUT2D eigenvalue weighted by molar-refractivity contribution is -0.112. The quantitative estimate of drug-likeness (QED) is 0.314. The fourth-order valence-corrected chi connectivity index (χ4v) is 3.29. The van der Waals surface area contributed by atoms with Crippen LogP contribution in [0.4, 0.5) is 5.69 Å². The Labute approximate surface area is 185 Å². The molecule has 2 aromatic carbocycles. The number of rotatable bonds is 7. The van der Waals surface area contributed by atoms with Crippen molar-refractivity contribution < 1.29 is 9.21 Å². The zero-order valence-electron chi connectivity index (χ0n) is 16.4. The van der Waals surface area contributed by atoms with Crippen molar-refractivity contribution in [2.75, 3.05) is 5.32 Å². The van der Waals surface area contributed by atoms with Gasteiger partial charge >= 0.3 is 0 Å². The number of nitrogens with zero attached hydrogens (tertiary/aromatic N) is 1. The van der Waals surface area contributed by atoms with Gasteiger partial charge in [-0.1, -0.05) is 54.7 Å². The number of hydrogen-bond acceptors (Lipinski definition) is 3. The molecule has 6 heteroatoms. The highest BCUT2D eigenvalue weighted by atomic mass is 35.5. The van der Waals surface area contributed by atoms with Gasteiger partial charge in [-0.05, 0) is 54.8 Å². The standard InChI is InChI=1S/C24H20Cl2N2O2/c1-2-3-5-16-8-10-18(11-9-16)28-24(29)17(15-27)14-19-12-13-22(30-19)20-6-4-7-21(25)23(20)26/h4,6-14H,2-3,5H2,1H3,(H,28,29). The van der Waals surface area contributed by atoms with E-state index in [1.165, 1.54) is 11.6 Å². The summed E-state index contributed by atoms with van der Waals surface area (Å²) in [6.45, 7) is 2.15. The van der Waals surface area contributed by atoms with Crippen molar-refractivity contribution in [3.63, 3.8) is 0 Å². The molecule has 1 N–H and O–H groups in total. The van der Waals surface area contributed by atoms with Crippen molar-refractivity contribution in [3.8, 4) is 17.4 Å². The fraction of sp³-hybridized carbons (Fsp3) is 0.167. The number of benzene rings is 2. The molecule has 1 amide bonds. The molecule has 3 aromatic rings. The van der Waals surface area contributed by atoms with Crippen LogP contribution in [-0.2, 0) is 11.2 Å². The number of hydrogen-bond donors (Lipinski definition) is 1. The number of unbranched alkanes of at least 4 members (excludes halogenated alkanes) is 1. The zero-order valence-corrected chi connectivity index (χ0v) is 17.9. The molecule has 0 fully saturated rings. The average molecular weight is 439 g/mol. The normalized spacial score (nSPS) is 11.2. The molecule has 152 valence electrons. The van der Waals surface area contributed by atoms with Crippen molar-refractivity contribution in [2.24, 2.45) is 0 Å². The van der Waals surface area contributed by atoms with E-state index in [1.807, 2.05) is 30.3 Å². The number of amides is 1. The molecule has 0 radical (unpaired) electrons. The lowest BCUT2D eigenvalue weighted by Gasteiger charge is -2.06. The number of aryl methyl sites for hydroxylation is 1. The minimum Gasteiger partial charge on any atom is -0.457 e. The van der Waals surface area contributed by atoms with Crippen molar-refractivity contribution in [2.45, 2.75) is 26.2 Å². The summed E-state index contributed by atoms with van der Waals surface area (Å²) in [5.74, 6) is 0.356. The number of halogens is 2. The second-order valence-corrected chi connectivity index (χ2v) is 7.51. The SMILES string of the molecule is CCCCc1ccc(NC(=O)C(C#N)=Cc2ccc(-c3cccc(Cl)c3Cl)o2)cc1. The van der Waals surface area contributed by atoms with Gasteiger partial charge in [-0.3, -0.25) is 4.79 Å². The van der Waals surface area contributed by atoms with E-state index in [4.69, 9.17) is 27.6 Å². The third-order valence-electron chi connectivity index (χ3n) is 4.53. The van der Waals surface area contributed by atoms with Crippen molar-refractivity contribution >= 4 is 40.9 Å². The summed E-state index contributed by atoms with van der Waals surface area (Å²) in [6.07, 6.45) is 4.66. The van der Waals surface area contributed by atoms with Crippen LogP contribution in [0.1, 0.15) is 31.1 Å². The van der Waals surface area contributed by atoms with Gasteiger partial charge in [0.05, 0.1) is 10.0 Å². The van der Waals surface area contributed by atoms with E-state index >= 15 is 0 Å². The molecule has 0 atom stereocenters. The first-order valence-electron chi connectivity index (χ1n) is 9.58. The maximum atomic E-state index is 12.5. The number of anilines is 1. The first-order chi connectivity index (χ1) is 14.5. The van der Waals surface area contributed by atoms with E-state index < -0.39 is 5.91 Å². The molecule has 0 spiro atoms. The van der Waals surface area contributed by atoms with Crippen LogP contribution in [0, 0.1) is 11.3 Å². The van der Waals surface area contributed by atoms with E-state index in [2.05, 4.69) is 12.2 Å². The Balaban J connectivity index is 1.74. The summed E-state index contributed by atoms with van der Waals surface area (Å²) in [6, 6.07) is 18.2. The van der Waals surface area contributed by atoms with Crippen LogP contribution in [0.5, 0.6) is 0 Å². The van der Waals surface area contributed by atoms with E-state index in [1.54, 1.807) is 30.3 Å². The summed E-state index contributed by atoms with van der Waals surface area (Å²) < 4.78 is 5.74. The summed E-state index contributed by atoms with van der Waals surface area (Å²) in [4.78, 5) is 12.5. The molecular weight excluding hydrogens is 419 g/mol. The molecule has 1 heterocycles. The Hall–Kier alpha value is -3.00. The molecule has 30 heavy (non-hydrogen) atoms. The minimum atomic E-state index is -0.502. The monoisotopic (exact) mass is 438 g/mol. The van der Waals surface area contributed by atoms with Crippen molar-refractivity contribution in [1.82, 2.24) is 0 Å². The van der Waals surface area contributed by atoms with E-state index in [-0.39, 0.29) is 5.57 Å². The van der Waals surface area contributed by atoms with Crippen LogP contribution in [0.3, 0.4) is 0 Å². The number of nitriles is 1. The Morgan fingerprint density at radius 3 is 2.60 bits per heavy atom. The number of nitrogens with one attached hydrogen (secondary N) is 1. The van der Waals surface area contributed by atoms with E-state index in [9.17, 15) is 10.1 Å². The van der Waals surface area contributed by atoms with Crippen LogP contribution in [0.15, 0.2) is 64.6 Å². The van der Waals surface area contributed by atoms with Gasteiger partial charge in [-0.25, -0.2) is 0 Å². The largest absolute Gasteiger partial charge is 0.457 e. The Kier molecular flexibility index (Phi) is 7.35. The Morgan fingerprint density at radius 2 is 1.90 bits per heavy atom. The smallest absolute Gasteiger partial charge is 0.266 e. The number of carbonyl (C=O) groups excluding carboxylic acids is 1. The first-order valence-corrected chi connectivity index (χ1v) is 10.3. The lowest BCUT2D eigenvalue weighted by atomic mass is 10.1. The molecule has 0 unspecified atom stereocenters. The van der Waals surface area contributed by atoms with Gasteiger partial charge in [0.2, 0.25) is 0 Å². The van der Waals surface area contributed by atoms with Crippen LogP contribution in [0.2, 0.25) is 10.0 Å². The van der Waals surface area contributed by atoms with E-state index in [0.717, 1.165) is 19.3 Å². The molecule has 0 bridgehead atoms. The maximum absolute atomic E-state index is 12.5. The summed E-state index contributed by atoms with van der Waals surface area (Å²) >= 11 is 12.3. The minimum absolute atomic E-state index is 0.0665. The molecule has 4 nitrogen and oxygen atoms in total. The molecular formula is C24H20Cl2N2O2. The second-order valence-electron chi connectivity index (χ2n) is 6.73. The van der Waals surface area contributed by atoms with Crippen molar-refractivity contribution in [3.05, 3.63) is 81.5 Å². The molecule has 0 aliphatic heterocycles. The van der Waals surface area contributed by atoms with Crippen LogP contribution in [-0.4, -0.2) is 5.91 Å². The predicted octanol–water partition coefficient (Wildman–Crippen LogP) is 7.14. The molecule has 0 saturated carbocycles. The van der Waals surface area contributed by atoms with Gasteiger partial charge in [-0.2, -0.15) is 5.26 Å². The summed E-state index contributed by atoms with van der Waals surface area (Å²) in [7, 11) is 0. The van der Waals surface area contributed by atoms with Gasteiger partial charge < -0.3 is 9.73 Å². The third kappa shape index (κ3) is 5.33. The fourth-order valence-electron chi connectivity index (χ4n) is 2.89. The van der Waals surface area contributed by atoms with Crippen LogP contribution < -0.4 is 5.32 Å². The van der Waals surface area contributed by atoms with Crippen LogP contribution >= 0.6 is 23.2 Å². The van der Waals surface area contributed by atoms with Crippen LogP contribution in [0.25, 0.3) is 17.4 Å². The van der Waals surface area contributed by atoms with E-state index in [0.29, 0.717) is 32.8 Å². The topological polar surface area (TPSA) is 66.0 Å². The lowest BCUT2D eigenvalue weighted by Crippen LogP contribution is -2.13. The van der Waals surface area contributed by atoms with Gasteiger partial charge in [0.15, 0.2) is 0 Å². The van der Waals surface area contributed by atoms with Gasteiger partial charge in [-0.15, -0.1) is 0 Å². The molecule has 0 aliphatic carbocycles. The number of furan rings is 1. The van der Waals surface area contributed by atoms with Crippen molar-refractivity contribution in [1.29, 1.82) is 5.26 Å². The average Bonchev–Trinajstić information content (AvgIpc) is 3.21. The highest BCUT2D eigenvalue weighted by molar-refractivity contribution is 6.43. The van der Waals surface area contributed by atoms with Gasteiger partial charge in [0.1, 0.15) is 23.2 Å². The zero-order chi connectivity index (χ0) is 21.5. The maximum Gasteiger partial charge on any atom is 0.266 e. The number of carbonyl (C=O) groups is 1. The second kappa shape index (κ2) is 10.2. The highest BCUT2D eigenvalue weighted by Gasteiger charge is 2.13. The Morgan fingerprint density at radius 1 is 1.13 bits per heavy atom. The summed E-state index contributed by atoms with van der Waals surface area (Å²) in [5.41, 5.74) is 2.42. The summed E-state index contributed by atoms with van der Waals surface area (Å²) in [5, 5.41) is 13.0.